The van der Waals surface area contributed by atoms with Crippen molar-refractivity contribution in [3.63, 3.8) is 0 Å². The molecule has 5 nitrogen and oxygen atoms in total. The number of aliphatic imine (C=N–C) groups is 1. The number of rotatable bonds is 5. The second-order valence-corrected chi connectivity index (χ2v) is 6.93. The second-order valence-electron chi connectivity index (χ2n) is 6.93. The van der Waals surface area contributed by atoms with Gasteiger partial charge in [-0.2, -0.15) is 0 Å². The molecule has 2 aliphatic rings. The normalized spacial score (nSPS) is 27.3. The number of aliphatic hydroxyl groups is 1. The van der Waals surface area contributed by atoms with Crippen molar-refractivity contribution in [3.05, 3.63) is 0 Å². The number of halogens is 1. The fourth-order valence-electron chi connectivity index (χ4n) is 3.32. The summed E-state index contributed by atoms with van der Waals surface area (Å²) in [6.45, 7) is 9.72. The molecule has 0 unspecified atom stereocenters. The standard InChI is InChI=1S/C17H34N4O.HI/c1-3-18-17(20-15-4-6-16(22)7-5-15)19-10-13-21-11-8-14(2)9-12-21;/h14-16,22H,3-13H2,1-2H3,(H2,18,19,20);1H. The number of piperidine rings is 1. The number of nitrogens with one attached hydrogen (secondary N) is 2. The minimum Gasteiger partial charge on any atom is -0.393 e. The van der Waals surface area contributed by atoms with Gasteiger partial charge in [0.05, 0.1) is 12.6 Å². The fourth-order valence-corrected chi connectivity index (χ4v) is 3.32. The van der Waals surface area contributed by atoms with E-state index in [1.54, 1.807) is 0 Å². The first-order valence-electron chi connectivity index (χ1n) is 9.12. The average molecular weight is 438 g/mol. The lowest BCUT2D eigenvalue weighted by atomic mass is 9.93. The summed E-state index contributed by atoms with van der Waals surface area (Å²) in [6.07, 6.45) is 6.44. The van der Waals surface area contributed by atoms with Crippen molar-refractivity contribution in [2.45, 2.75) is 64.5 Å². The number of likely N-dealkylation sites (tertiary alicyclic amines) is 1. The number of nitrogens with zero attached hydrogens (tertiary/aromatic N) is 2. The summed E-state index contributed by atoms with van der Waals surface area (Å²) in [6, 6.07) is 0.456. The van der Waals surface area contributed by atoms with Gasteiger partial charge in [-0.25, -0.2) is 0 Å². The third-order valence-electron chi connectivity index (χ3n) is 4.94. The van der Waals surface area contributed by atoms with Gasteiger partial charge in [-0.05, 0) is 64.5 Å². The van der Waals surface area contributed by atoms with Gasteiger partial charge < -0.3 is 20.6 Å². The van der Waals surface area contributed by atoms with Crippen LogP contribution < -0.4 is 10.6 Å². The molecule has 0 bridgehead atoms. The van der Waals surface area contributed by atoms with Crippen LogP contribution >= 0.6 is 24.0 Å². The van der Waals surface area contributed by atoms with E-state index in [0.29, 0.717) is 6.04 Å². The van der Waals surface area contributed by atoms with Gasteiger partial charge in [0.1, 0.15) is 0 Å². The zero-order valence-electron chi connectivity index (χ0n) is 14.8. The maximum absolute atomic E-state index is 9.59. The molecule has 6 heteroatoms. The minimum atomic E-state index is -0.0981. The average Bonchev–Trinajstić information content (AvgIpc) is 2.52. The molecule has 0 amide bonds. The predicted octanol–water partition coefficient (Wildman–Crippen LogP) is 2.19. The Labute approximate surface area is 158 Å². The molecule has 136 valence electrons. The highest BCUT2D eigenvalue weighted by Gasteiger charge is 2.20. The molecule has 2 rings (SSSR count). The molecule has 0 aromatic carbocycles. The molecule has 23 heavy (non-hydrogen) atoms. The van der Waals surface area contributed by atoms with E-state index in [4.69, 9.17) is 4.99 Å². The van der Waals surface area contributed by atoms with E-state index in [2.05, 4.69) is 29.4 Å². The van der Waals surface area contributed by atoms with E-state index in [9.17, 15) is 5.11 Å². The van der Waals surface area contributed by atoms with Crippen molar-refractivity contribution in [1.29, 1.82) is 0 Å². The van der Waals surface area contributed by atoms with E-state index in [1.165, 1.54) is 25.9 Å². The highest BCUT2D eigenvalue weighted by Crippen LogP contribution is 2.18. The maximum atomic E-state index is 9.59. The van der Waals surface area contributed by atoms with Gasteiger partial charge in [-0.15, -0.1) is 24.0 Å². The molecule has 1 saturated carbocycles. The van der Waals surface area contributed by atoms with Crippen molar-refractivity contribution >= 4 is 29.9 Å². The molecule has 2 fully saturated rings. The lowest BCUT2D eigenvalue weighted by Crippen LogP contribution is -2.45. The van der Waals surface area contributed by atoms with Crippen LogP contribution in [0.25, 0.3) is 0 Å². The van der Waals surface area contributed by atoms with Crippen LogP contribution in [0.3, 0.4) is 0 Å². The van der Waals surface area contributed by atoms with Gasteiger partial charge in [0, 0.05) is 19.1 Å². The quantitative estimate of drug-likeness (QED) is 0.350. The van der Waals surface area contributed by atoms with Gasteiger partial charge >= 0.3 is 0 Å². The van der Waals surface area contributed by atoms with Gasteiger partial charge in [-0.1, -0.05) is 6.92 Å². The van der Waals surface area contributed by atoms with Crippen molar-refractivity contribution in [2.75, 3.05) is 32.7 Å². The molecule has 1 aliphatic heterocycles. The summed E-state index contributed by atoms with van der Waals surface area (Å²) in [5.41, 5.74) is 0. The Bertz CT molecular complexity index is 337. The van der Waals surface area contributed by atoms with Crippen molar-refractivity contribution in [3.8, 4) is 0 Å². The van der Waals surface area contributed by atoms with Crippen LogP contribution in [0, 0.1) is 5.92 Å². The summed E-state index contributed by atoms with van der Waals surface area (Å²) in [7, 11) is 0. The molecular formula is C17H35IN4O. The van der Waals surface area contributed by atoms with Crippen molar-refractivity contribution < 1.29 is 5.11 Å². The minimum absolute atomic E-state index is 0. The molecule has 0 aromatic heterocycles. The van der Waals surface area contributed by atoms with Crippen LogP contribution in [-0.4, -0.2) is 60.8 Å². The molecule has 1 heterocycles. The number of guanidine groups is 1. The summed E-state index contributed by atoms with van der Waals surface area (Å²) >= 11 is 0. The van der Waals surface area contributed by atoms with Crippen LogP contribution in [-0.2, 0) is 0 Å². The van der Waals surface area contributed by atoms with Crippen LogP contribution in [0.15, 0.2) is 4.99 Å². The van der Waals surface area contributed by atoms with E-state index < -0.39 is 0 Å². The predicted molar refractivity (Wildman–Crippen MR) is 108 cm³/mol. The molecule has 1 aliphatic carbocycles. The van der Waals surface area contributed by atoms with Gasteiger partial charge in [-0.3, -0.25) is 4.99 Å². The Morgan fingerprint density at radius 1 is 1.13 bits per heavy atom. The topological polar surface area (TPSA) is 59.9 Å². The summed E-state index contributed by atoms with van der Waals surface area (Å²) < 4.78 is 0. The molecular weight excluding hydrogens is 403 g/mol. The first kappa shape index (κ1) is 21.0. The maximum Gasteiger partial charge on any atom is 0.191 e. The Balaban J connectivity index is 0.00000264. The fraction of sp³-hybridized carbons (Fsp3) is 0.941. The number of hydrogen-bond acceptors (Lipinski definition) is 3. The van der Waals surface area contributed by atoms with Crippen LogP contribution in [0.1, 0.15) is 52.4 Å². The molecule has 0 aromatic rings. The zero-order chi connectivity index (χ0) is 15.8. The highest BCUT2D eigenvalue weighted by atomic mass is 127. The van der Waals surface area contributed by atoms with Gasteiger partial charge in [0.25, 0.3) is 0 Å². The number of aliphatic hydroxyl groups excluding tert-OH is 1. The monoisotopic (exact) mass is 438 g/mol. The largest absolute Gasteiger partial charge is 0.393 e. The number of hydrogen-bond donors (Lipinski definition) is 3. The summed E-state index contributed by atoms with van der Waals surface area (Å²) in [5.74, 6) is 1.83. The van der Waals surface area contributed by atoms with Crippen LogP contribution in [0.5, 0.6) is 0 Å². The molecule has 0 spiro atoms. The Kier molecular flexibility index (Phi) is 10.5. The molecule has 0 radical (unpaired) electrons. The van der Waals surface area contributed by atoms with E-state index in [1.807, 2.05) is 0 Å². The van der Waals surface area contributed by atoms with Crippen molar-refractivity contribution in [1.82, 2.24) is 15.5 Å². The lowest BCUT2D eigenvalue weighted by molar-refractivity contribution is 0.120. The smallest absolute Gasteiger partial charge is 0.191 e. The van der Waals surface area contributed by atoms with E-state index in [-0.39, 0.29) is 30.1 Å². The summed E-state index contributed by atoms with van der Waals surface area (Å²) in [4.78, 5) is 7.26. The Morgan fingerprint density at radius 2 is 1.78 bits per heavy atom. The Hall–Kier alpha value is -0.0800. The van der Waals surface area contributed by atoms with Crippen LogP contribution in [0.2, 0.25) is 0 Å². The van der Waals surface area contributed by atoms with Gasteiger partial charge in [0.2, 0.25) is 0 Å². The first-order chi connectivity index (χ1) is 10.7. The second kappa shape index (κ2) is 11.5. The van der Waals surface area contributed by atoms with Gasteiger partial charge in [0.15, 0.2) is 5.96 Å². The lowest BCUT2D eigenvalue weighted by Gasteiger charge is -2.30. The van der Waals surface area contributed by atoms with E-state index >= 15 is 0 Å². The summed E-state index contributed by atoms with van der Waals surface area (Å²) in [5, 5.41) is 16.5. The van der Waals surface area contributed by atoms with Crippen LogP contribution in [0.4, 0.5) is 0 Å². The zero-order valence-corrected chi connectivity index (χ0v) is 17.1. The third-order valence-corrected chi connectivity index (χ3v) is 4.94. The van der Waals surface area contributed by atoms with E-state index in [0.717, 1.165) is 57.2 Å². The van der Waals surface area contributed by atoms with Crippen molar-refractivity contribution in [2.24, 2.45) is 10.9 Å². The Morgan fingerprint density at radius 3 is 2.39 bits per heavy atom. The third kappa shape index (κ3) is 8.03. The molecule has 3 N–H and O–H groups in total. The first-order valence-corrected chi connectivity index (χ1v) is 9.12. The SMILES string of the molecule is CCNC(=NCCN1CCC(C)CC1)NC1CCC(O)CC1.I. The molecule has 0 atom stereocenters. The molecule has 1 saturated heterocycles. The highest BCUT2D eigenvalue weighted by molar-refractivity contribution is 14.0.